The Kier molecular flexibility index (Phi) is 9.71. The highest BCUT2D eigenvalue weighted by Crippen LogP contribution is 2.26. The highest BCUT2D eigenvalue weighted by atomic mass is 32.2. The van der Waals surface area contributed by atoms with E-state index in [4.69, 9.17) is 10.5 Å². The summed E-state index contributed by atoms with van der Waals surface area (Å²) in [4.78, 5) is 13.1. The molecule has 0 atom stereocenters. The number of nitrogens with two attached hydrogens (primary N) is 1. The fourth-order valence-electron chi connectivity index (χ4n) is 4.57. The Hall–Kier alpha value is -3.98. The van der Waals surface area contributed by atoms with E-state index in [1.54, 1.807) is 31.4 Å². The van der Waals surface area contributed by atoms with Crippen LogP contribution in [0, 0.1) is 6.92 Å². The summed E-state index contributed by atoms with van der Waals surface area (Å²) in [6.45, 7) is 2.49. The van der Waals surface area contributed by atoms with Crippen LogP contribution in [0.15, 0.2) is 102 Å². The van der Waals surface area contributed by atoms with E-state index in [2.05, 4.69) is 5.32 Å². The number of nitrogens with one attached hydrogen (secondary N) is 1. The van der Waals surface area contributed by atoms with Gasteiger partial charge in [0.1, 0.15) is 5.75 Å². The van der Waals surface area contributed by atoms with Crippen LogP contribution in [0.25, 0.3) is 11.1 Å². The molecule has 0 heterocycles. The zero-order chi connectivity index (χ0) is 28.5. The number of carbonyl (C=O) groups excluding carboxylic acids is 1. The molecule has 208 valence electrons. The highest BCUT2D eigenvalue weighted by Gasteiger charge is 2.27. The third-order valence-corrected chi connectivity index (χ3v) is 8.67. The van der Waals surface area contributed by atoms with E-state index in [-0.39, 0.29) is 24.5 Å². The molecular weight excluding hydrogens is 522 g/mol. The molecule has 8 heteroatoms. The molecule has 0 fully saturated rings. The molecule has 0 spiro atoms. The van der Waals surface area contributed by atoms with E-state index < -0.39 is 15.9 Å². The Morgan fingerprint density at radius 1 is 0.900 bits per heavy atom. The van der Waals surface area contributed by atoms with Crippen molar-refractivity contribution in [1.29, 1.82) is 0 Å². The number of ether oxygens (including phenoxy) is 1. The average molecular weight is 558 g/mol. The van der Waals surface area contributed by atoms with Gasteiger partial charge >= 0.3 is 0 Å². The summed E-state index contributed by atoms with van der Waals surface area (Å²) in [6, 6.07) is 29.8. The average Bonchev–Trinajstić information content (AvgIpc) is 2.98. The second-order valence-electron chi connectivity index (χ2n) is 9.54. The number of amides is 1. The molecule has 3 N–H and O–H groups in total. The van der Waals surface area contributed by atoms with Crippen molar-refractivity contribution in [3.63, 3.8) is 0 Å². The molecule has 0 aliphatic heterocycles. The molecule has 0 bridgehead atoms. The quantitative estimate of drug-likeness (QED) is 0.263. The topological polar surface area (TPSA) is 102 Å². The van der Waals surface area contributed by atoms with E-state index in [9.17, 15) is 13.2 Å². The Balaban J connectivity index is 1.55. The summed E-state index contributed by atoms with van der Waals surface area (Å²) < 4.78 is 34.3. The van der Waals surface area contributed by atoms with Crippen molar-refractivity contribution in [2.75, 3.05) is 20.2 Å². The van der Waals surface area contributed by atoms with Crippen LogP contribution in [0.4, 0.5) is 0 Å². The summed E-state index contributed by atoms with van der Waals surface area (Å²) in [6.07, 6.45) is 0.385. The van der Waals surface area contributed by atoms with Gasteiger partial charge in [0.25, 0.3) is 0 Å². The zero-order valence-electron chi connectivity index (χ0n) is 22.8. The second kappa shape index (κ2) is 13.4. The van der Waals surface area contributed by atoms with Gasteiger partial charge in [0.2, 0.25) is 15.9 Å². The van der Waals surface area contributed by atoms with Crippen molar-refractivity contribution in [1.82, 2.24) is 9.62 Å². The monoisotopic (exact) mass is 557 g/mol. The van der Waals surface area contributed by atoms with Crippen molar-refractivity contribution in [3.8, 4) is 16.9 Å². The van der Waals surface area contributed by atoms with Crippen LogP contribution in [0.3, 0.4) is 0 Å². The fraction of sp³-hybridized carbons (Fsp3) is 0.219. The first-order chi connectivity index (χ1) is 19.3. The van der Waals surface area contributed by atoms with Gasteiger partial charge in [-0.1, -0.05) is 78.9 Å². The predicted molar refractivity (Wildman–Crippen MR) is 158 cm³/mol. The van der Waals surface area contributed by atoms with Crippen LogP contribution in [-0.2, 0) is 34.3 Å². The summed E-state index contributed by atoms with van der Waals surface area (Å²) >= 11 is 0. The molecule has 4 rings (SSSR count). The summed E-state index contributed by atoms with van der Waals surface area (Å²) in [5, 5.41) is 2.85. The molecule has 0 aromatic heterocycles. The molecular formula is C32H35N3O4S. The third-order valence-electron chi connectivity index (χ3n) is 6.81. The molecule has 4 aromatic rings. The van der Waals surface area contributed by atoms with Crippen molar-refractivity contribution < 1.29 is 17.9 Å². The van der Waals surface area contributed by atoms with Gasteiger partial charge in [-0.3, -0.25) is 4.79 Å². The molecule has 0 unspecified atom stereocenters. The molecule has 7 nitrogen and oxygen atoms in total. The van der Waals surface area contributed by atoms with Gasteiger partial charge in [-0.25, -0.2) is 8.42 Å². The Morgan fingerprint density at radius 3 is 2.33 bits per heavy atom. The van der Waals surface area contributed by atoms with Gasteiger partial charge in [-0.15, -0.1) is 0 Å². The minimum absolute atomic E-state index is 0.109. The first-order valence-electron chi connectivity index (χ1n) is 13.1. The standard InChI is InChI=1S/C32H35N3O4S/c1-24-8-3-5-12-30(24)27-14-16-29(17-15-27)40(37,38)35(19-18-28-11-4-6-13-31(28)39-2)23-32(36)34-22-26-10-7-9-25(20-26)21-33/h3-17,20H,18-19,21-23,33H2,1-2H3,(H,34,36). The molecule has 4 aromatic carbocycles. The number of para-hydroxylation sites is 1. The maximum absolute atomic E-state index is 13.8. The molecule has 0 aliphatic carbocycles. The van der Waals surface area contributed by atoms with Crippen LogP contribution in [0.5, 0.6) is 5.75 Å². The molecule has 0 radical (unpaired) electrons. The van der Waals surface area contributed by atoms with Crippen LogP contribution in [0.1, 0.15) is 22.3 Å². The highest BCUT2D eigenvalue weighted by molar-refractivity contribution is 7.89. The minimum atomic E-state index is -3.97. The van der Waals surface area contributed by atoms with Gasteiger partial charge in [-0.05, 0) is 64.9 Å². The van der Waals surface area contributed by atoms with Crippen LogP contribution in [-0.4, -0.2) is 38.8 Å². The predicted octanol–water partition coefficient (Wildman–Crippen LogP) is 4.68. The number of rotatable bonds is 12. The first kappa shape index (κ1) is 29.0. The smallest absolute Gasteiger partial charge is 0.243 e. The van der Waals surface area contributed by atoms with Crippen molar-refractivity contribution >= 4 is 15.9 Å². The number of methoxy groups -OCH3 is 1. The second-order valence-corrected chi connectivity index (χ2v) is 11.5. The van der Waals surface area contributed by atoms with E-state index in [0.717, 1.165) is 33.4 Å². The molecule has 40 heavy (non-hydrogen) atoms. The Morgan fingerprint density at radius 2 is 1.60 bits per heavy atom. The molecule has 1 amide bonds. The fourth-order valence-corrected chi connectivity index (χ4v) is 5.97. The van der Waals surface area contributed by atoms with Gasteiger partial charge < -0.3 is 15.8 Å². The van der Waals surface area contributed by atoms with E-state index in [0.29, 0.717) is 18.7 Å². The molecule has 0 saturated carbocycles. The van der Waals surface area contributed by atoms with Gasteiger partial charge in [-0.2, -0.15) is 4.31 Å². The summed E-state index contributed by atoms with van der Waals surface area (Å²) in [5.41, 5.74) is 11.5. The minimum Gasteiger partial charge on any atom is -0.496 e. The SMILES string of the molecule is COc1ccccc1CCN(CC(=O)NCc1cccc(CN)c1)S(=O)(=O)c1ccc(-c2ccccc2C)cc1. The zero-order valence-corrected chi connectivity index (χ0v) is 23.7. The maximum atomic E-state index is 13.8. The number of aryl methyl sites for hydroxylation is 1. The van der Waals surface area contributed by atoms with E-state index in [1.165, 1.54) is 4.31 Å². The first-order valence-corrected chi connectivity index (χ1v) is 14.6. The molecule has 0 saturated heterocycles. The van der Waals surface area contributed by atoms with Crippen LogP contribution in [0.2, 0.25) is 0 Å². The lowest BCUT2D eigenvalue weighted by Gasteiger charge is -2.22. The lowest BCUT2D eigenvalue weighted by atomic mass is 10.0. The van der Waals surface area contributed by atoms with Gasteiger partial charge in [0.15, 0.2) is 0 Å². The number of hydrogen-bond acceptors (Lipinski definition) is 5. The van der Waals surface area contributed by atoms with Crippen LogP contribution < -0.4 is 15.8 Å². The lowest BCUT2D eigenvalue weighted by molar-refractivity contribution is -0.121. The Labute approximate surface area is 236 Å². The van der Waals surface area contributed by atoms with Crippen molar-refractivity contribution in [3.05, 3.63) is 119 Å². The number of nitrogens with zero attached hydrogens (tertiary/aromatic N) is 1. The van der Waals surface area contributed by atoms with Gasteiger partial charge in [0, 0.05) is 19.6 Å². The largest absolute Gasteiger partial charge is 0.496 e. The number of hydrogen-bond donors (Lipinski definition) is 2. The number of sulfonamides is 1. The van der Waals surface area contributed by atoms with Crippen molar-refractivity contribution in [2.45, 2.75) is 31.3 Å². The lowest BCUT2D eigenvalue weighted by Crippen LogP contribution is -2.41. The normalized spacial score (nSPS) is 11.4. The van der Waals surface area contributed by atoms with Gasteiger partial charge in [0.05, 0.1) is 18.6 Å². The van der Waals surface area contributed by atoms with Crippen LogP contribution >= 0.6 is 0 Å². The Bertz CT molecular complexity index is 1550. The van der Waals surface area contributed by atoms with E-state index in [1.807, 2.05) is 79.7 Å². The summed E-state index contributed by atoms with van der Waals surface area (Å²) in [7, 11) is -2.39. The maximum Gasteiger partial charge on any atom is 0.243 e. The molecule has 0 aliphatic rings. The third kappa shape index (κ3) is 7.15. The number of benzene rings is 4. The van der Waals surface area contributed by atoms with Crippen molar-refractivity contribution in [2.24, 2.45) is 5.73 Å². The van der Waals surface area contributed by atoms with E-state index >= 15 is 0 Å². The number of carbonyl (C=O) groups is 1. The summed E-state index contributed by atoms with van der Waals surface area (Å²) in [5.74, 6) is 0.282.